The van der Waals surface area contributed by atoms with Gasteiger partial charge in [-0.05, 0) is 13.0 Å². The normalized spacial score (nSPS) is 10.3. The van der Waals surface area contributed by atoms with Crippen molar-refractivity contribution in [1.29, 1.82) is 5.26 Å². The minimum atomic E-state index is -0.110. The van der Waals surface area contributed by atoms with E-state index in [0.717, 1.165) is 10.7 Å². The summed E-state index contributed by atoms with van der Waals surface area (Å²) in [4.78, 5) is 17.3. The van der Waals surface area contributed by atoms with Crippen molar-refractivity contribution in [2.45, 2.75) is 13.3 Å². The lowest BCUT2D eigenvalue weighted by atomic mass is 10.3. The number of nitrogens with zero attached hydrogens (tertiary/aromatic N) is 3. The largest absolute Gasteiger partial charge is 0.341 e. The van der Waals surface area contributed by atoms with E-state index in [1.165, 1.54) is 11.0 Å². The molecule has 0 saturated heterocycles. The van der Waals surface area contributed by atoms with Gasteiger partial charge in [-0.3, -0.25) is 4.79 Å². The molecule has 0 saturated carbocycles. The third-order valence-corrected chi connectivity index (χ3v) is 2.76. The SMILES string of the molecule is Cc1nc(/C=C/C(=O)N(C)CCC#N)cs1. The highest BCUT2D eigenvalue weighted by Crippen LogP contribution is 2.09. The van der Waals surface area contributed by atoms with E-state index in [0.29, 0.717) is 13.0 Å². The van der Waals surface area contributed by atoms with Gasteiger partial charge in [0.15, 0.2) is 0 Å². The Hall–Kier alpha value is -1.67. The molecule has 1 aromatic rings. The second-order valence-corrected chi connectivity index (χ2v) is 4.35. The highest BCUT2D eigenvalue weighted by atomic mass is 32.1. The molecule has 0 bridgehead atoms. The molecule has 4 nitrogen and oxygen atoms in total. The van der Waals surface area contributed by atoms with Crippen LogP contribution in [0.2, 0.25) is 0 Å². The number of likely N-dealkylation sites (N-methyl/N-ethyl adjacent to an activating group) is 1. The number of hydrogen-bond donors (Lipinski definition) is 0. The fraction of sp³-hybridized carbons (Fsp3) is 0.364. The van der Waals surface area contributed by atoms with Gasteiger partial charge in [-0.25, -0.2) is 4.98 Å². The van der Waals surface area contributed by atoms with Gasteiger partial charge in [0, 0.05) is 25.0 Å². The van der Waals surface area contributed by atoms with Crippen molar-refractivity contribution in [3.8, 4) is 6.07 Å². The van der Waals surface area contributed by atoms with Crippen LogP contribution in [0, 0.1) is 18.3 Å². The summed E-state index contributed by atoms with van der Waals surface area (Å²) in [6.45, 7) is 2.37. The van der Waals surface area contributed by atoms with E-state index in [1.807, 2.05) is 18.4 Å². The number of thiazole rings is 1. The van der Waals surface area contributed by atoms with E-state index >= 15 is 0 Å². The van der Waals surface area contributed by atoms with Crippen LogP contribution in [-0.2, 0) is 4.79 Å². The average molecular weight is 235 g/mol. The van der Waals surface area contributed by atoms with Gasteiger partial charge >= 0.3 is 0 Å². The molecular formula is C11H13N3OS. The molecule has 0 N–H and O–H groups in total. The van der Waals surface area contributed by atoms with Gasteiger partial charge in [0.05, 0.1) is 23.2 Å². The number of amides is 1. The third-order valence-electron chi connectivity index (χ3n) is 1.97. The van der Waals surface area contributed by atoms with Crippen molar-refractivity contribution in [2.75, 3.05) is 13.6 Å². The first-order valence-electron chi connectivity index (χ1n) is 4.85. The number of carbonyl (C=O) groups is 1. The molecule has 1 amide bonds. The Morgan fingerprint density at radius 1 is 1.75 bits per heavy atom. The van der Waals surface area contributed by atoms with Crippen molar-refractivity contribution in [1.82, 2.24) is 9.88 Å². The molecule has 16 heavy (non-hydrogen) atoms. The van der Waals surface area contributed by atoms with Crippen molar-refractivity contribution < 1.29 is 4.79 Å². The first-order chi connectivity index (χ1) is 7.63. The molecular weight excluding hydrogens is 222 g/mol. The first kappa shape index (κ1) is 12.4. The van der Waals surface area contributed by atoms with Crippen LogP contribution in [-0.4, -0.2) is 29.4 Å². The summed E-state index contributed by atoms with van der Waals surface area (Å²) in [5.74, 6) is -0.110. The number of aromatic nitrogens is 1. The number of rotatable bonds is 4. The molecule has 0 radical (unpaired) electrons. The summed E-state index contributed by atoms with van der Waals surface area (Å²) < 4.78 is 0. The van der Waals surface area contributed by atoms with Crippen molar-refractivity contribution in [2.24, 2.45) is 0 Å². The summed E-state index contributed by atoms with van der Waals surface area (Å²) in [7, 11) is 1.68. The summed E-state index contributed by atoms with van der Waals surface area (Å²) in [5, 5.41) is 11.3. The highest BCUT2D eigenvalue weighted by Gasteiger charge is 2.03. The van der Waals surface area contributed by atoms with E-state index in [1.54, 1.807) is 24.5 Å². The van der Waals surface area contributed by atoms with Crippen LogP contribution in [0.1, 0.15) is 17.1 Å². The van der Waals surface area contributed by atoms with Crippen LogP contribution in [0.4, 0.5) is 0 Å². The number of aryl methyl sites for hydroxylation is 1. The minimum absolute atomic E-state index is 0.110. The molecule has 0 aromatic carbocycles. The van der Waals surface area contributed by atoms with Crippen LogP contribution >= 0.6 is 11.3 Å². The second kappa shape index (κ2) is 6.03. The molecule has 1 aromatic heterocycles. The van der Waals surface area contributed by atoms with Gasteiger partial charge in [-0.2, -0.15) is 5.26 Å². The molecule has 84 valence electrons. The molecule has 0 aliphatic rings. The Balaban J connectivity index is 2.51. The maximum Gasteiger partial charge on any atom is 0.246 e. The number of nitriles is 1. The van der Waals surface area contributed by atoms with Crippen LogP contribution < -0.4 is 0 Å². The summed E-state index contributed by atoms with van der Waals surface area (Å²) in [5.41, 5.74) is 0.796. The van der Waals surface area contributed by atoms with Gasteiger partial charge < -0.3 is 4.90 Å². The quantitative estimate of drug-likeness (QED) is 0.748. The fourth-order valence-corrected chi connectivity index (χ4v) is 1.65. The predicted octanol–water partition coefficient (Wildman–Crippen LogP) is 1.84. The van der Waals surface area contributed by atoms with Crippen LogP contribution in [0.3, 0.4) is 0 Å². The summed E-state index contributed by atoms with van der Waals surface area (Å²) >= 11 is 1.55. The molecule has 0 fully saturated rings. The Morgan fingerprint density at radius 3 is 3.06 bits per heavy atom. The Labute approximate surface area is 98.8 Å². The highest BCUT2D eigenvalue weighted by molar-refractivity contribution is 7.09. The van der Waals surface area contributed by atoms with Crippen LogP contribution in [0.25, 0.3) is 6.08 Å². The van der Waals surface area contributed by atoms with Crippen molar-refractivity contribution in [3.05, 3.63) is 22.2 Å². The molecule has 5 heteroatoms. The standard InChI is InChI=1S/C11H13N3OS/c1-9-13-10(8-16-9)4-5-11(15)14(2)7-3-6-12/h4-5,8H,3,7H2,1-2H3/b5-4+. The van der Waals surface area contributed by atoms with E-state index in [4.69, 9.17) is 5.26 Å². The Morgan fingerprint density at radius 2 is 2.50 bits per heavy atom. The molecule has 1 heterocycles. The Kier molecular flexibility index (Phi) is 4.67. The van der Waals surface area contributed by atoms with Gasteiger partial charge in [-0.15, -0.1) is 11.3 Å². The minimum Gasteiger partial charge on any atom is -0.341 e. The third kappa shape index (κ3) is 3.83. The van der Waals surface area contributed by atoms with Gasteiger partial charge in [0.1, 0.15) is 0 Å². The lowest BCUT2D eigenvalue weighted by Gasteiger charge is -2.11. The lowest BCUT2D eigenvalue weighted by molar-refractivity contribution is -0.124. The zero-order chi connectivity index (χ0) is 12.0. The van der Waals surface area contributed by atoms with Crippen molar-refractivity contribution >= 4 is 23.3 Å². The lowest BCUT2D eigenvalue weighted by Crippen LogP contribution is -2.25. The summed E-state index contributed by atoms with van der Waals surface area (Å²) in [6.07, 6.45) is 3.52. The number of hydrogen-bond acceptors (Lipinski definition) is 4. The van der Waals surface area contributed by atoms with E-state index in [-0.39, 0.29) is 5.91 Å². The molecule has 0 unspecified atom stereocenters. The van der Waals surface area contributed by atoms with Gasteiger partial charge in [-0.1, -0.05) is 0 Å². The summed E-state index contributed by atoms with van der Waals surface area (Å²) in [6, 6.07) is 2.00. The van der Waals surface area contributed by atoms with Gasteiger partial charge in [0.25, 0.3) is 0 Å². The molecule has 0 spiro atoms. The molecule has 1 rings (SSSR count). The molecule has 0 aliphatic carbocycles. The predicted molar refractivity (Wildman–Crippen MR) is 63.8 cm³/mol. The average Bonchev–Trinajstić information content (AvgIpc) is 2.68. The van der Waals surface area contributed by atoms with Crippen LogP contribution in [0.15, 0.2) is 11.5 Å². The van der Waals surface area contributed by atoms with E-state index in [9.17, 15) is 4.79 Å². The second-order valence-electron chi connectivity index (χ2n) is 3.29. The maximum atomic E-state index is 11.5. The van der Waals surface area contributed by atoms with E-state index < -0.39 is 0 Å². The zero-order valence-electron chi connectivity index (χ0n) is 9.30. The van der Waals surface area contributed by atoms with Gasteiger partial charge in [0.2, 0.25) is 5.91 Å². The van der Waals surface area contributed by atoms with Crippen molar-refractivity contribution in [3.63, 3.8) is 0 Å². The maximum absolute atomic E-state index is 11.5. The van der Waals surface area contributed by atoms with Crippen LogP contribution in [0.5, 0.6) is 0 Å². The number of carbonyl (C=O) groups excluding carboxylic acids is 1. The fourth-order valence-electron chi connectivity index (χ4n) is 1.07. The zero-order valence-corrected chi connectivity index (χ0v) is 10.1. The smallest absolute Gasteiger partial charge is 0.246 e. The first-order valence-corrected chi connectivity index (χ1v) is 5.73. The molecule has 0 aliphatic heterocycles. The monoisotopic (exact) mass is 235 g/mol. The van der Waals surface area contributed by atoms with E-state index in [2.05, 4.69) is 4.98 Å². The Bertz CT molecular complexity index is 431. The molecule has 0 atom stereocenters. The topological polar surface area (TPSA) is 57.0 Å².